The Labute approximate surface area is 155 Å². The number of carbonyl (C=O) groups excluding carboxylic acids is 1. The first-order chi connectivity index (χ1) is 12.1. The molecule has 0 bridgehead atoms. The van der Waals surface area contributed by atoms with Gasteiger partial charge < -0.3 is 4.90 Å². The zero-order chi connectivity index (χ0) is 18.0. The van der Waals surface area contributed by atoms with Crippen LogP contribution in [0.25, 0.3) is 10.2 Å². The van der Waals surface area contributed by atoms with Crippen molar-refractivity contribution in [1.29, 1.82) is 0 Å². The molecule has 0 atom stereocenters. The minimum absolute atomic E-state index is 0.00612. The van der Waals surface area contributed by atoms with Crippen LogP contribution in [0.3, 0.4) is 0 Å². The van der Waals surface area contributed by atoms with Crippen molar-refractivity contribution in [2.24, 2.45) is 7.05 Å². The first-order valence-corrected chi connectivity index (χ1v) is 10.0. The van der Waals surface area contributed by atoms with Gasteiger partial charge in [-0.15, -0.1) is 24.5 Å². The van der Waals surface area contributed by atoms with E-state index in [-0.39, 0.29) is 17.2 Å². The van der Waals surface area contributed by atoms with E-state index < -0.39 is 0 Å². The van der Waals surface area contributed by atoms with Crippen molar-refractivity contribution in [3.63, 3.8) is 0 Å². The number of amides is 1. The largest absolute Gasteiger partial charge is 0.335 e. The predicted molar refractivity (Wildman–Crippen MR) is 105 cm³/mol. The number of hydrogen-bond donors (Lipinski definition) is 0. The third-order valence-electron chi connectivity index (χ3n) is 4.28. The average molecular weight is 376 g/mol. The highest BCUT2D eigenvalue weighted by molar-refractivity contribution is 7.99. The fourth-order valence-electron chi connectivity index (χ4n) is 3.04. The summed E-state index contributed by atoms with van der Waals surface area (Å²) in [6.45, 7) is 8.31. The molecule has 0 spiro atoms. The summed E-state index contributed by atoms with van der Waals surface area (Å²) in [7, 11) is 1.73. The van der Waals surface area contributed by atoms with Crippen LogP contribution < -0.4 is 5.56 Å². The van der Waals surface area contributed by atoms with Gasteiger partial charge in [-0.25, -0.2) is 4.98 Å². The Hall–Kier alpha value is -1.86. The summed E-state index contributed by atoms with van der Waals surface area (Å²) in [6, 6.07) is 0. The lowest BCUT2D eigenvalue weighted by Crippen LogP contribution is -2.33. The van der Waals surface area contributed by atoms with E-state index in [0.717, 1.165) is 29.5 Å². The number of nitrogens with zero attached hydrogens (tertiary/aromatic N) is 3. The van der Waals surface area contributed by atoms with Gasteiger partial charge in [0.1, 0.15) is 4.83 Å². The molecule has 0 saturated carbocycles. The van der Waals surface area contributed by atoms with Crippen LogP contribution in [-0.4, -0.2) is 39.2 Å². The fraction of sp³-hybridized carbons (Fsp3) is 0.389. The molecule has 1 amide bonds. The molecular weight excluding hydrogens is 354 g/mol. The maximum atomic E-state index is 12.7. The number of fused-ring (bicyclic) bond motifs is 3. The summed E-state index contributed by atoms with van der Waals surface area (Å²) >= 11 is 2.92. The third-order valence-corrected chi connectivity index (χ3v) is 6.48. The molecule has 132 valence electrons. The topological polar surface area (TPSA) is 55.2 Å². The van der Waals surface area contributed by atoms with E-state index in [1.807, 2.05) is 0 Å². The molecule has 2 heterocycles. The van der Waals surface area contributed by atoms with Gasteiger partial charge in [-0.1, -0.05) is 23.9 Å². The van der Waals surface area contributed by atoms with Crippen LogP contribution in [0.2, 0.25) is 0 Å². The van der Waals surface area contributed by atoms with Crippen LogP contribution in [0.5, 0.6) is 0 Å². The van der Waals surface area contributed by atoms with Crippen molar-refractivity contribution in [1.82, 2.24) is 14.5 Å². The van der Waals surface area contributed by atoms with Crippen LogP contribution in [0, 0.1) is 0 Å². The van der Waals surface area contributed by atoms with E-state index in [0.29, 0.717) is 18.2 Å². The van der Waals surface area contributed by atoms with Gasteiger partial charge in [0.05, 0.1) is 11.1 Å². The second-order valence-corrected chi connectivity index (χ2v) is 7.99. The van der Waals surface area contributed by atoms with Gasteiger partial charge in [-0.05, 0) is 24.8 Å². The smallest absolute Gasteiger partial charge is 0.262 e. The summed E-state index contributed by atoms with van der Waals surface area (Å²) < 4.78 is 1.57. The van der Waals surface area contributed by atoms with Crippen molar-refractivity contribution in [2.75, 3.05) is 18.8 Å². The zero-order valence-corrected chi connectivity index (χ0v) is 15.9. The Morgan fingerprint density at radius 2 is 2.08 bits per heavy atom. The SMILES string of the molecule is C=CCN(CC=C)C(=O)CSc1nc2sc3c(c2c(=O)n1C)CCC3. The monoisotopic (exact) mass is 375 g/mol. The predicted octanol–water partition coefficient (Wildman–Crippen LogP) is 2.78. The average Bonchev–Trinajstić information content (AvgIpc) is 3.16. The molecule has 0 saturated heterocycles. The molecule has 3 rings (SSSR count). The Bertz CT molecular complexity index is 888. The third kappa shape index (κ3) is 3.43. The van der Waals surface area contributed by atoms with Crippen molar-refractivity contribution >= 4 is 39.2 Å². The number of hydrogen-bond acceptors (Lipinski definition) is 5. The van der Waals surface area contributed by atoms with Gasteiger partial charge in [-0.3, -0.25) is 14.2 Å². The van der Waals surface area contributed by atoms with E-state index in [2.05, 4.69) is 18.1 Å². The lowest BCUT2D eigenvalue weighted by atomic mass is 10.2. The Morgan fingerprint density at radius 1 is 1.36 bits per heavy atom. The van der Waals surface area contributed by atoms with E-state index in [1.165, 1.54) is 22.2 Å². The van der Waals surface area contributed by atoms with E-state index in [4.69, 9.17) is 0 Å². The molecule has 2 aromatic heterocycles. The molecule has 7 heteroatoms. The van der Waals surface area contributed by atoms with Crippen molar-refractivity contribution in [3.05, 3.63) is 46.1 Å². The van der Waals surface area contributed by atoms with Gasteiger partial charge in [0.15, 0.2) is 5.16 Å². The summed E-state index contributed by atoms with van der Waals surface area (Å²) in [5, 5.41) is 1.36. The first kappa shape index (κ1) is 17.9. The van der Waals surface area contributed by atoms with E-state index >= 15 is 0 Å². The molecule has 2 aromatic rings. The number of rotatable bonds is 7. The number of aromatic nitrogens is 2. The van der Waals surface area contributed by atoms with E-state index in [9.17, 15) is 9.59 Å². The highest BCUT2D eigenvalue weighted by Gasteiger charge is 2.23. The van der Waals surface area contributed by atoms with Crippen LogP contribution >= 0.6 is 23.1 Å². The van der Waals surface area contributed by atoms with Gasteiger partial charge in [0, 0.05) is 25.0 Å². The van der Waals surface area contributed by atoms with Crippen LogP contribution in [0.1, 0.15) is 16.9 Å². The van der Waals surface area contributed by atoms with Crippen LogP contribution in [0.4, 0.5) is 0 Å². The molecule has 5 nitrogen and oxygen atoms in total. The number of carbonyl (C=O) groups is 1. The van der Waals surface area contributed by atoms with Crippen molar-refractivity contribution < 1.29 is 4.79 Å². The van der Waals surface area contributed by atoms with Crippen LogP contribution in [-0.2, 0) is 24.7 Å². The van der Waals surface area contributed by atoms with Gasteiger partial charge in [0.25, 0.3) is 5.56 Å². The van der Waals surface area contributed by atoms with E-state index in [1.54, 1.807) is 40.0 Å². The fourth-order valence-corrected chi connectivity index (χ4v) is 5.22. The minimum Gasteiger partial charge on any atom is -0.335 e. The second-order valence-electron chi connectivity index (χ2n) is 5.96. The maximum Gasteiger partial charge on any atom is 0.262 e. The second kappa shape index (κ2) is 7.58. The quantitative estimate of drug-likeness (QED) is 0.424. The Kier molecular flexibility index (Phi) is 5.44. The lowest BCUT2D eigenvalue weighted by Gasteiger charge is -2.19. The highest BCUT2D eigenvalue weighted by Crippen LogP contribution is 2.35. The Balaban J connectivity index is 1.83. The summed E-state index contributed by atoms with van der Waals surface area (Å²) in [4.78, 5) is 33.5. The highest BCUT2D eigenvalue weighted by atomic mass is 32.2. The molecule has 0 aliphatic heterocycles. The zero-order valence-electron chi connectivity index (χ0n) is 14.3. The summed E-state index contributed by atoms with van der Waals surface area (Å²) in [5.41, 5.74) is 1.18. The molecule has 25 heavy (non-hydrogen) atoms. The first-order valence-electron chi connectivity index (χ1n) is 8.20. The number of thioether (sulfide) groups is 1. The van der Waals surface area contributed by atoms with Gasteiger partial charge in [-0.2, -0.15) is 0 Å². The van der Waals surface area contributed by atoms with Gasteiger partial charge >= 0.3 is 0 Å². The molecule has 0 N–H and O–H groups in total. The van der Waals surface area contributed by atoms with Crippen molar-refractivity contribution in [3.8, 4) is 0 Å². The Morgan fingerprint density at radius 3 is 2.76 bits per heavy atom. The molecule has 0 fully saturated rings. The molecule has 1 aliphatic carbocycles. The summed E-state index contributed by atoms with van der Waals surface area (Å²) in [6.07, 6.45) is 6.51. The molecule has 0 radical (unpaired) electrons. The lowest BCUT2D eigenvalue weighted by molar-refractivity contribution is -0.127. The van der Waals surface area contributed by atoms with Crippen LogP contribution in [0.15, 0.2) is 35.3 Å². The minimum atomic E-state index is -0.0205. The number of aryl methyl sites for hydroxylation is 2. The molecule has 1 aliphatic rings. The molecule has 0 aromatic carbocycles. The molecular formula is C18H21N3O2S2. The van der Waals surface area contributed by atoms with Crippen molar-refractivity contribution in [2.45, 2.75) is 24.4 Å². The normalized spacial score (nSPS) is 13.0. The molecule has 0 unspecified atom stereocenters. The standard InChI is InChI=1S/C18H21N3O2S2/c1-4-9-21(10-5-2)14(22)11-24-18-19-16-15(17(23)20(18)3)12-7-6-8-13(12)25-16/h4-5H,1-2,6-11H2,3H3. The maximum absolute atomic E-state index is 12.7. The van der Waals surface area contributed by atoms with Gasteiger partial charge in [0.2, 0.25) is 5.91 Å². The number of thiophene rings is 1. The summed E-state index contributed by atoms with van der Waals surface area (Å²) in [5.74, 6) is 0.214.